The molecule has 0 fully saturated rings. The lowest BCUT2D eigenvalue weighted by Crippen LogP contribution is -2.32. The third kappa shape index (κ3) is 3.47. The fourth-order valence-electron chi connectivity index (χ4n) is 2.64. The predicted molar refractivity (Wildman–Crippen MR) is 84.8 cm³/mol. The Bertz CT molecular complexity index is 683. The van der Waals surface area contributed by atoms with Crippen LogP contribution in [-0.4, -0.2) is 12.5 Å². The standard InChI is InChI=1S/C17H18FNO2S/c1-11-2-4-13(22-11)5-7-17(20)19-15-8-9-21-16-6-3-12(18)10-14(15)16/h2-4,6,10,15H,5,7-9H2,1H3,(H,19,20). The Morgan fingerprint density at radius 2 is 2.27 bits per heavy atom. The second-order valence-electron chi connectivity index (χ2n) is 5.45. The molecule has 2 heterocycles. The number of thiophene rings is 1. The van der Waals surface area contributed by atoms with Gasteiger partial charge in [0.1, 0.15) is 11.6 Å². The van der Waals surface area contributed by atoms with Crippen LogP contribution in [0.1, 0.15) is 34.2 Å². The fraction of sp³-hybridized carbons (Fsp3) is 0.353. The van der Waals surface area contributed by atoms with E-state index in [2.05, 4.69) is 24.4 Å². The summed E-state index contributed by atoms with van der Waals surface area (Å²) >= 11 is 1.72. The summed E-state index contributed by atoms with van der Waals surface area (Å²) in [5.74, 6) is 0.345. The summed E-state index contributed by atoms with van der Waals surface area (Å²) < 4.78 is 18.9. The molecule has 5 heteroatoms. The van der Waals surface area contributed by atoms with Crippen LogP contribution in [0.15, 0.2) is 30.3 Å². The van der Waals surface area contributed by atoms with Gasteiger partial charge in [-0.15, -0.1) is 11.3 Å². The number of hydrogen-bond donors (Lipinski definition) is 1. The number of fused-ring (bicyclic) bond motifs is 1. The summed E-state index contributed by atoms with van der Waals surface area (Å²) in [6.07, 6.45) is 1.85. The molecule has 1 aromatic carbocycles. The molecule has 1 N–H and O–H groups in total. The van der Waals surface area contributed by atoms with Crippen LogP contribution in [0.5, 0.6) is 5.75 Å². The number of halogens is 1. The Morgan fingerprint density at radius 1 is 1.41 bits per heavy atom. The lowest BCUT2D eigenvalue weighted by Gasteiger charge is -2.26. The minimum absolute atomic E-state index is 0.00633. The van der Waals surface area contributed by atoms with E-state index in [1.165, 1.54) is 21.9 Å². The molecule has 3 rings (SSSR count). The average molecular weight is 319 g/mol. The van der Waals surface area contributed by atoms with Gasteiger partial charge < -0.3 is 10.1 Å². The quantitative estimate of drug-likeness (QED) is 0.931. The van der Waals surface area contributed by atoms with Crippen molar-refractivity contribution < 1.29 is 13.9 Å². The van der Waals surface area contributed by atoms with Crippen LogP contribution in [0, 0.1) is 12.7 Å². The van der Waals surface area contributed by atoms with Gasteiger partial charge in [-0.25, -0.2) is 4.39 Å². The Hall–Kier alpha value is -1.88. The SMILES string of the molecule is Cc1ccc(CCC(=O)NC2CCOc3ccc(F)cc32)s1. The maximum Gasteiger partial charge on any atom is 0.220 e. The molecule has 0 aliphatic carbocycles. The summed E-state index contributed by atoms with van der Waals surface area (Å²) in [4.78, 5) is 14.6. The van der Waals surface area contributed by atoms with E-state index in [4.69, 9.17) is 4.74 Å². The summed E-state index contributed by atoms with van der Waals surface area (Å²) in [5.41, 5.74) is 0.728. The van der Waals surface area contributed by atoms with Crippen molar-refractivity contribution in [3.05, 3.63) is 51.5 Å². The third-order valence-electron chi connectivity index (χ3n) is 3.74. The number of amides is 1. The number of carbonyl (C=O) groups excluding carboxylic acids is 1. The van der Waals surface area contributed by atoms with E-state index in [1.54, 1.807) is 17.4 Å². The molecule has 0 bridgehead atoms. The molecule has 0 saturated carbocycles. The smallest absolute Gasteiger partial charge is 0.220 e. The van der Waals surface area contributed by atoms with Crippen LogP contribution in [0.25, 0.3) is 0 Å². The van der Waals surface area contributed by atoms with Gasteiger partial charge in [0.05, 0.1) is 12.6 Å². The summed E-state index contributed by atoms with van der Waals surface area (Å²) in [7, 11) is 0. The molecule has 2 aromatic rings. The van der Waals surface area contributed by atoms with Crippen molar-refractivity contribution >= 4 is 17.2 Å². The number of ether oxygens (including phenoxy) is 1. The largest absolute Gasteiger partial charge is 0.493 e. The molecule has 3 nitrogen and oxygen atoms in total. The zero-order chi connectivity index (χ0) is 15.5. The first-order valence-electron chi connectivity index (χ1n) is 7.39. The highest BCUT2D eigenvalue weighted by Gasteiger charge is 2.23. The first kappa shape index (κ1) is 15.0. The molecular formula is C17H18FNO2S. The zero-order valence-electron chi connectivity index (χ0n) is 12.4. The molecule has 1 aliphatic heterocycles. The topological polar surface area (TPSA) is 38.3 Å². The van der Waals surface area contributed by atoms with Gasteiger partial charge in [0.15, 0.2) is 0 Å². The van der Waals surface area contributed by atoms with Crippen molar-refractivity contribution in [1.29, 1.82) is 0 Å². The van der Waals surface area contributed by atoms with Crippen molar-refractivity contribution in [2.24, 2.45) is 0 Å². The first-order chi connectivity index (χ1) is 10.6. The highest BCUT2D eigenvalue weighted by molar-refractivity contribution is 7.11. The highest BCUT2D eigenvalue weighted by Crippen LogP contribution is 2.32. The Morgan fingerprint density at radius 3 is 3.05 bits per heavy atom. The number of aryl methyl sites for hydroxylation is 2. The van der Waals surface area contributed by atoms with E-state index >= 15 is 0 Å². The number of hydrogen-bond acceptors (Lipinski definition) is 3. The molecule has 22 heavy (non-hydrogen) atoms. The average Bonchev–Trinajstić information content (AvgIpc) is 2.91. The Labute approximate surface area is 133 Å². The van der Waals surface area contributed by atoms with Gasteiger partial charge in [-0.2, -0.15) is 0 Å². The van der Waals surface area contributed by atoms with Crippen molar-refractivity contribution in [3.63, 3.8) is 0 Å². The normalized spacial score (nSPS) is 16.7. The van der Waals surface area contributed by atoms with E-state index in [0.29, 0.717) is 25.2 Å². The molecule has 0 saturated heterocycles. The molecule has 1 atom stereocenters. The van der Waals surface area contributed by atoms with Gasteiger partial charge in [-0.3, -0.25) is 4.79 Å². The van der Waals surface area contributed by atoms with Crippen molar-refractivity contribution in [1.82, 2.24) is 5.32 Å². The highest BCUT2D eigenvalue weighted by atomic mass is 32.1. The van der Waals surface area contributed by atoms with Gasteiger partial charge in [-0.1, -0.05) is 0 Å². The summed E-state index contributed by atoms with van der Waals surface area (Å²) in [6, 6.07) is 8.40. The second-order valence-corrected chi connectivity index (χ2v) is 6.82. The minimum atomic E-state index is -0.308. The third-order valence-corrected chi connectivity index (χ3v) is 4.80. The fourth-order valence-corrected chi connectivity index (χ4v) is 3.53. The molecule has 1 unspecified atom stereocenters. The van der Waals surface area contributed by atoms with Crippen LogP contribution in [0.2, 0.25) is 0 Å². The molecule has 116 valence electrons. The number of rotatable bonds is 4. The monoisotopic (exact) mass is 319 g/mol. The summed E-state index contributed by atoms with van der Waals surface area (Å²) in [6.45, 7) is 2.59. The predicted octanol–water partition coefficient (Wildman–Crippen LogP) is 3.77. The van der Waals surface area contributed by atoms with Crippen molar-refractivity contribution in [3.8, 4) is 5.75 Å². The zero-order valence-corrected chi connectivity index (χ0v) is 13.2. The number of benzene rings is 1. The van der Waals surface area contributed by atoms with E-state index in [0.717, 1.165) is 12.0 Å². The van der Waals surface area contributed by atoms with E-state index in [9.17, 15) is 9.18 Å². The van der Waals surface area contributed by atoms with Crippen LogP contribution < -0.4 is 10.1 Å². The van der Waals surface area contributed by atoms with Crippen LogP contribution in [0.3, 0.4) is 0 Å². The first-order valence-corrected chi connectivity index (χ1v) is 8.20. The number of carbonyl (C=O) groups is 1. The maximum absolute atomic E-state index is 13.4. The lowest BCUT2D eigenvalue weighted by molar-refractivity contribution is -0.122. The van der Waals surface area contributed by atoms with E-state index < -0.39 is 0 Å². The van der Waals surface area contributed by atoms with Gasteiger partial charge in [0, 0.05) is 28.2 Å². The van der Waals surface area contributed by atoms with Crippen LogP contribution in [0.4, 0.5) is 4.39 Å². The molecule has 1 amide bonds. The van der Waals surface area contributed by atoms with Crippen LogP contribution >= 0.6 is 11.3 Å². The summed E-state index contributed by atoms with van der Waals surface area (Å²) in [5, 5.41) is 3.00. The van der Waals surface area contributed by atoms with Gasteiger partial charge in [0.25, 0.3) is 0 Å². The lowest BCUT2D eigenvalue weighted by atomic mass is 10.00. The van der Waals surface area contributed by atoms with Crippen LogP contribution in [-0.2, 0) is 11.2 Å². The van der Waals surface area contributed by atoms with Gasteiger partial charge in [0.2, 0.25) is 5.91 Å². The van der Waals surface area contributed by atoms with Gasteiger partial charge in [-0.05, 0) is 43.7 Å². The van der Waals surface area contributed by atoms with E-state index in [1.807, 2.05) is 0 Å². The van der Waals surface area contributed by atoms with Gasteiger partial charge >= 0.3 is 0 Å². The van der Waals surface area contributed by atoms with Crippen molar-refractivity contribution in [2.45, 2.75) is 32.2 Å². The molecule has 1 aliphatic rings. The second kappa shape index (κ2) is 6.48. The maximum atomic E-state index is 13.4. The Balaban J connectivity index is 1.61. The Kier molecular flexibility index (Phi) is 4.43. The molecule has 0 radical (unpaired) electrons. The van der Waals surface area contributed by atoms with Crippen molar-refractivity contribution in [2.75, 3.05) is 6.61 Å². The molecule has 0 spiro atoms. The molecule has 1 aromatic heterocycles. The van der Waals surface area contributed by atoms with E-state index in [-0.39, 0.29) is 17.8 Å². The minimum Gasteiger partial charge on any atom is -0.493 e. The number of nitrogens with one attached hydrogen (secondary N) is 1. The molecular weight excluding hydrogens is 301 g/mol.